The van der Waals surface area contributed by atoms with Gasteiger partial charge in [-0.1, -0.05) is 26.8 Å². The van der Waals surface area contributed by atoms with E-state index in [0.29, 0.717) is 16.8 Å². The molecule has 0 bridgehead atoms. The first-order valence-corrected chi connectivity index (χ1v) is 10.1. The molecule has 0 fully saturated rings. The van der Waals surface area contributed by atoms with Crippen molar-refractivity contribution >= 4 is 15.5 Å². The van der Waals surface area contributed by atoms with Crippen LogP contribution in [0, 0.1) is 6.92 Å². The number of hydrogen-bond acceptors (Lipinski definition) is 3. The smallest absolute Gasteiger partial charge is 0.377 e. The van der Waals surface area contributed by atoms with Gasteiger partial charge in [0, 0.05) is 17.5 Å². The number of allylic oxidation sites excluding steroid dienone is 2. The first-order valence-electron chi connectivity index (χ1n) is 8.23. The molecule has 0 aromatic heterocycles. The number of dihydropyridines is 1. The van der Waals surface area contributed by atoms with Gasteiger partial charge in [0.15, 0.2) is 9.84 Å². The van der Waals surface area contributed by atoms with Gasteiger partial charge in [0.25, 0.3) is 0 Å². The van der Waals surface area contributed by atoms with Crippen molar-refractivity contribution in [1.29, 1.82) is 0 Å². The molecule has 1 unspecified atom stereocenters. The van der Waals surface area contributed by atoms with Gasteiger partial charge in [0.05, 0.1) is 16.5 Å². The molecule has 1 aromatic rings. The summed E-state index contributed by atoms with van der Waals surface area (Å²) in [6.07, 6.45) is -0.382. The quantitative estimate of drug-likeness (QED) is 0.808. The summed E-state index contributed by atoms with van der Waals surface area (Å²) in [7, 11) is -3.37. The highest BCUT2D eigenvalue weighted by atomic mass is 32.2. The summed E-state index contributed by atoms with van der Waals surface area (Å²) in [6.45, 7) is 8.67. The molecule has 1 heterocycles. The number of nitrogens with one attached hydrogen (secondary N) is 1. The van der Waals surface area contributed by atoms with Gasteiger partial charge in [0.1, 0.15) is 0 Å². The van der Waals surface area contributed by atoms with E-state index in [9.17, 15) is 21.6 Å². The molecule has 0 aliphatic carbocycles. The maximum atomic E-state index is 13.6. The Morgan fingerprint density at radius 1 is 1.04 bits per heavy atom. The van der Waals surface area contributed by atoms with E-state index >= 15 is 0 Å². The zero-order chi connectivity index (χ0) is 20.1. The third kappa shape index (κ3) is 4.14. The van der Waals surface area contributed by atoms with E-state index in [0.717, 1.165) is 12.3 Å². The molecule has 0 radical (unpaired) electrons. The molecule has 0 saturated carbocycles. The molecule has 3 nitrogen and oxygen atoms in total. The van der Waals surface area contributed by atoms with Crippen molar-refractivity contribution in [3.05, 3.63) is 51.4 Å². The minimum atomic E-state index is -4.47. The van der Waals surface area contributed by atoms with Crippen molar-refractivity contribution in [2.24, 2.45) is 0 Å². The Labute approximate surface area is 152 Å². The molecule has 1 N–H and O–H groups in total. The first-order chi connectivity index (χ1) is 11.6. The van der Waals surface area contributed by atoms with Crippen LogP contribution in [0.2, 0.25) is 0 Å². The normalized spacial score (nSPS) is 18.9. The number of sulfone groups is 1. The summed E-state index contributed by atoms with van der Waals surface area (Å²) in [5.41, 5.74) is 0.514. The molecule has 26 heavy (non-hydrogen) atoms. The molecule has 0 amide bonds. The van der Waals surface area contributed by atoms with E-state index in [1.54, 1.807) is 40.7 Å². The van der Waals surface area contributed by atoms with Gasteiger partial charge >= 0.3 is 6.18 Å². The fourth-order valence-corrected chi connectivity index (χ4v) is 4.14. The third-order valence-corrected chi connectivity index (χ3v) is 5.76. The van der Waals surface area contributed by atoms with Gasteiger partial charge in [-0.05, 0) is 48.6 Å². The van der Waals surface area contributed by atoms with Crippen LogP contribution in [0.25, 0.3) is 5.70 Å². The summed E-state index contributed by atoms with van der Waals surface area (Å²) in [4.78, 5) is 0.209. The SMILES string of the molecule is Cc1cc(C(C)(C)C)c(C(F)(F)F)cc1C1=CC=C(S(C)(=O)=O)C(C)N1. The number of alkyl halides is 3. The van der Waals surface area contributed by atoms with Gasteiger partial charge in [-0.3, -0.25) is 0 Å². The molecule has 7 heteroatoms. The lowest BCUT2D eigenvalue weighted by Gasteiger charge is -2.28. The molecule has 0 saturated heterocycles. The van der Waals surface area contributed by atoms with E-state index in [-0.39, 0.29) is 10.5 Å². The molecule has 1 atom stereocenters. The Bertz CT molecular complexity index is 889. The van der Waals surface area contributed by atoms with Crippen molar-refractivity contribution in [3.8, 4) is 0 Å². The second-order valence-corrected chi connectivity index (χ2v) is 9.76. The summed E-state index contributed by atoms with van der Waals surface area (Å²) in [5.74, 6) is 0. The fraction of sp³-hybridized carbons (Fsp3) is 0.474. The van der Waals surface area contributed by atoms with Crippen molar-refractivity contribution < 1.29 is 21.6 Å². The van der Waals surface area contributed by atoms with Crippen molar-refractivity contribution in [3.63, 3.8) is 0 Å². The molecule has 1 aromatic carbocycles. The minimum absolute atomic E-state index is 0.209. The second kappa shape index (κ2) is 6.44. The van der Waals surface area contributed by atoms with Crippen molar-refractivity contribution in [2.45, 2.75) is 52.3 Å². The van der Waals surface area contributed by atoms with Crippen molar-refractivity contribution in [1.82, 2.24) is 5.32 Å². The molecule has 0 spiro atoms. The zero-order valence-corrected chi connectivity index (χ0v) is 16.6. The molecular weight excluding hydrogens is 363 g/mol. The number of rotatable bonds is 2. The van der Waals surface area contributed by atoms with Crippen LogP contribution in [0.15, 0.2) is 29.2 Å². The summed E-state index contributed by atoms with van der Waals surface area (Å²) >= 11 is 0. The Kier molecular flexibility index (Phi) is 5.09. The van der Waals surface area contributed by atoms with E-state index < -0.39 is 33.0 Å². The van der Waals surface area contributed by atoms with Crippen LogP contribution in [-0.4, -0.2) is 20.7 Å². The van der Waals surface area contributed by atoms with Gasteiger partial charge < -0.3 is 5.32 Å². The van der Waals surface area contributed by atoms with E-state index in [1.165, 1.54) is 12.2 Å². The van der Waals surface area contributed by atoms with Gasteiger partial charge in [-0.15, -0.1) is 0 Å². The standard InChI is InChI=1S/C19H24F3NO2S/c1-11-9-14(18(3,4)5)15(19(20,21)22)10-13(11)16-7-8-17(12(2)23-16)26(6,24)25/h7-10,12,23H,1-6H3. The lowest BCUT2D eigenvalue weighted by Crippen LogP contribution is -2.32. The summed E-state index contributed by atoms with van der Waals surface area (Å²) in [6, 6.07) is 2.21. The van der Waals surface area contributed by atoms with Crippen LogP contribution in [0.1, 0.15) is 49.9 Å². The molecule has 2 rings (SSSR count). The van der Waals surface area contributed by atoms with Gasteiger partial charge in [0.2, 0.25) is 0 Å². The lowest BCUT2D eigenvalue weighted by molar-refractivity contribution is -0.138. The number of aryl methyl sites for hydroxylation is 1. The molecular formula is C19H24F3NO2S. The minimum Gasteiger partial charge on any atom is -0.377 e. The average Bonchev–Trinajstić information content (AvgIpc) is 2.43. The van der Waals surface area contributed by atoms with Crippen LogP contribution in [0.3, 0.4) is 0 Å². The summed E-state index contributed by atoms with van der Waals surface area (Å²) < 4.78 is 64.4. The third-order valence-electron chi connectivity index (χ3n) is 4.41. The maximum Gasteiger partial charge on any atom is 0.416 e. The van der Waals surface area contributed by atoms with E-state index in [4.69, 9.17) is 0 Å². The van der Waals surface area contributed by atoms with Gasteiger partial charge in [-0.25, -0.2) is 8.42 Å². The maximum absolute atomic E-state index is 13.6. The Hall–Kier alpha value is -1.76. The Balaban J connectivity index is 2.66. The Morgan fingerprint density at radius 2 is 1.62 bits per heavy atom. The first kappa shape index (κ1) is 20.6. The van der Waals surface area contributed by atoms with Crippen LogP contribution < -0.4 is 5.32 Å². The predicted molar refractivity (Wildman–Crippen MR) is 98.4 cm³/mol. The zero-order valence-electron chi connectivity index (χ0n) is 15.7. The highest BCUT2D eigenvalue weighted by Crippen LogP contribution is 2.40. The summed E-state index contributed by atoms with van der Waals surface area (Å²) in [5, 5.41) is 3.01. The fourth-order valence-electron chi connectivity index (χ4n) is 3.13. The van der Waals surface area contributed by atoms with Gasteiger partial charge in [-0.2, -0.15) is 13.2 Å². The topological polar surface area (TPSA) is 46.2 Å². The highest BCUT2D eigenvalue weighted by molar-refractivity contribution is 7.94. The van der Waals surface area contributed by atoms with Crippen molar-refractivity contribution in [2.75, 3.05) is 6.26 Å². The molecule has 144 valence electrons. The van der Waals surface area contributed by atoms with Crippen LogP contribution in [0.5, 0.6) is 0 Å². The number of halogens is 3. The van der Waals surface area contributed by atoms with E-state index in [1.807, 2.05) is 0 Å². The van der Waals surface area contributed by atoms with Crippen LogP contribution in [0.4, 0.5) is 13.2 Å². The number of hydrogen-bond donors (Lipinski definition) is 1. The monoisotopic (exact) mass is 387 g/mol. The second-order valence-electron chi connectivity index (χ2n) is 7.75. The predicted octanol–water partition coefficient (Wildman–Crippen LogP) is 4.57. The lowest BCUT2D eigenvalue weighted by atomic mass is 9.81. The highest BCUT2D eigenvalue weighted by Gasteiger charge is 2.37. The largest absolute Gasteiger partial charge is 0.416 e. The Morgan fingerprint density at radius 3 is 2.04 bits per heavy atom. The molecule has 1 aliphatic heterocycles. The average molecular weight is 387 g/mol. The van der Waals surface area contributed by atoms with Crippen LogP contribution in [-0.2, 0) is 21.4 Å². The van der Waals surface area contributed by atoms with E-state index in [2.05, 4.69) is 5.32 Å². The molecule has 1 aliphatic rings. The number of benzene rings is 1. The van der Waals surface area contributed by atoms with Crippen LogP contribution >= 0.6 is 0 Å².